The van der Waals surface area contributed by atoms with Crippen LogP contribution < -0.4 is 10.6 Å². The Balaban J connectivity index is 2.39. The van der Waals surface area contributed by atoms with E-state index in [1.807, 2.05) is 13.1 Å². The number of aryl methyl sites for hydroxylation is 1. The van der Waals surface area contributed by atoms with Gasteiger partial charge < -0.3 is 10.6 Å². The highest BCUT2D eigenvalue weighted by molar-refractivity contribution is 5.94. The van der Waals surface area contributed by atoms with Crippen LogP contribution in [0.4, 0.5) is 5.69 Å². The molecule has 0 saturated carbocycles. The number of nitrogens with two attached hydrogens (primary N) is 1. The first-order chi connectivity index (χ1) is 8.80. The van der Waals surface area contributed by atoms with Gasteiger partial charge in [-0.05, 0) is 35.4 Å². The molecule has 0 fully saturated rings. The van der Waals surface area contributed by atoms with Crippen molar-refractivity contribution in [2.45, 2.75) is 46.1 Å². The molecule has 1 aromatic rings. The number of nitrogens with zero attached hydrogens (tertiary/aromatic N) is 1. The molecule has 0 spiro atoms. The molecular weight excluding hydrogens is 236 g/mol. The van der Waals surface area contributed by atoms with E-state index in [1.54, 1.807) is 4.90 Å². The summed E-state index contributed by atoms with van der Waals surface area (Å²) in [5.41, 5.74) is 9.80. The molecule has 1 unspecified atom stereocenters. The average molecular weight is 260 g/mol. The van der Waals surface area contributed by atoms with Crippen molar-refractivity contribution in [3.05, 3.63) is 29.3 Å². The van der Waals surface area contributed by atoms with Gasteiger partial charge >= 0.3 is 0 Å². The number of anilines is 1. The highest BCUT2D eigenvalue weighted by atomic mass is 16.2. The lowest BCUT2D eigenvalue weighted by atomic mass is 9.82. The van der Waals surface area contributed by atoms with Crippen LogP contribution in [0.1, 0.15) is 50.8 Å². The summed E-state index contributed by atoms with van der Waals surface area (Å²) < 4.78 is 0. The van der Waals surface area contributed by atoms with Crippen LogP contribution in [0.15, 0.2) is 18.2 Å². The maximum absolute atomic E-state index is 11.9. The topological polar surface area (TPSA) is 46.3 Å². The van der Waals surface area contributed by atoms with Crippen LogP contribution in [0.2, 0.25) is 0 Å². The molecule has 2 rings (SSSR count). The minimum Gasteiger partial charge on any atom is -0.324 e. The van der Waals surface area contributed by atoms with Gasteiger partial charge in [0.05, 0.1) is 0 Å². The summed E-state index contributed by atoms with van der Waals surface area (Å²) in [6, 6.07) is 6.30. The number of carbonyl (C=O) groups is 1. The molecule has 1 aliphatic rings. The van der Waals surface area contributed by atoms with Crippen molar-refractivity contribution < 1.29 is 4.79 Å². The molecule has 0 aromatic heterocycles. The molecule has 0 aliphatic carbocycles. The summed E-state index contributed by atoms with van der Waals surface area (Å²) in [6.45, 7) is 6.46. The quantitative estimate of drug-likeness (QED) is 0.843. The van der Waals surface area contributed by atoms with Crippen molar-refractivity contribution in [2.24, 2.45) is 11.1 Å². The molecule has 0 bridgehead atoms. The second-order valence-corrected chi connectivity index (χ2v) is 6.54. The zero-order valence-corrected chi connectivity index (χ0v) is 12.4. The van der Waals surface area contributed by atoms with Crippen molar-refractivity contribution in [3.8, 4) is 0 Å². The van der Waals surface area contributed by atoms with Crippen molar-refractivity contribution in [1.29, 1.82) is 0 Å². The number of carbonyl (C=O) groups excluding carboxylic acids is 1. The van der Waals surface area contributed by atoms with E-state index in [0.29, 0.717) is 6.42 Å². The summed E-state index contributed by atoms with van der Waals surface area (Å²) >= 11 is 0. The van der Waals surface area contributed by atoms with Gasteiger partial charge in [0.25, 0.3) is 0 Å². The van der Waals surface area contributed by atoms with Crippen molar-refractivity contribution in [2.75, 3.05) is 11.9 Å². The summed E-state index contributed by atoms with van der Waals surface area (Å²) in [5.74, 6) is 0.201. The van der Waals surface area contributed by atoms with Crippen LogP contribution in [-0.4, -0.2) is 13.0 Å². The molecule has 1 aliphatic heterocycles. The van der Waals surface area contributed by atoms with Gasteiger partial charge in [-0.15, -0.1) is 0 Å². The Morgan fingerprint density at radius 1 is 1.26 bits per heavy atom. The molecule has 3 heteroatoms. The zero-order valence-electron chi connectivity index (χ0n) is 12.4. The van der Waals surface area contributed by atoms with E-state index in [1.165, 1.54) is 5.56 Å². The Bertz CT molecular complexity index is 488. The Kier molecular flexibility index (Phi) is 3.68. The van der Waals surface area contributed by atoms with Crippen LogP contribution in [-0.2, 0) is 11.2 Å². The molecule has 2 N–H and O–H groups in total. The normalized spacial score (nSPS) is 17.9. The van der Waals surface area contributed by atoms with Gasteiger partial charge in [0.15, 0.2) is 0 Å². The number of fused-ring (bicyclic) bond motifs is 1. The molecule has 1 heterocycles. The lowest BCUT2D eigenvalue weighted by Gasteiger charge is -2.28. The van der Waals surface area contributed by atoms with Crippen molar-refractivity contribution in [3.63, 3.8) is 0 Å². The summed E-state index contributed by atoms with van der Waals surface area (Å²) in [6.07, 6.45) is 2.51. The van der Waals surface area contributed by atoms with Gasteiger partial charge in [-0.1, -0.05) is 32.9 Å². The summed E-state index contributed by atoms with van der Waals surface area (Å²) in [4.78, 5) is 13.6. The van der Waals surface area contributed by atoms with Gasteiger partial charge in [-0.25, -0.2) is 0 Å². The third kappa shape index (κ3) is 2.81. The fourth-order valence-corrected chi connectivity index (χ4v) is 2.56. The molecule has 19 heavy (non-hydrogen) atoms. The maximum atomic E-state index is 11.9. The minimum absolute atomic E-state index is 0.0158. The number of rotatable bonds is 1. The number of benzene rings is 1. The van der Waals surface area contributed by atoms with Gasteiger partial charge in [-0.3, -0.25) is 4.79 Å². The molecule has 1 aromatic carbocycles. The van der Waals surface area contributed by atoms with Gasteiger partial charge in [0, 0.05) is 25.2 Å². The number of hydrogen-bond donors (Lipinski definition) is 1. The van der Waals surface area contributed by atoms with Gasteiger partial charge in [-0.2, -0.15) is 0 Å². The molecule has 1 atom stereocenters. The Labute approximate surface area is 115 Å². The van der Waals surface area contributed by atoms with E-state index in [0.717, 1.165) is 24.1 Å². The second-order valence-electron chi connectivity index (χ2n) is 6.54. The highest BCUT2D eigenvalue weighted by Gasteiger charge is 2.24. The zero-order chi connectivity index (χ0) is 14.2. The lowest BCUT2D eigenvalue weighted by molar-refractivity contribution is -0.118. The standard InChI is InChI=1S/C16H24N2O/c1-16(2,3)15(17)12-8-9-13-11(10-12)6-5-7-14(19)18(13)4/h8-10,15H,5-7,17H2,1-4H3. The molecule has 104 valence electrons. The predicted octanol–water partition coefficient (Wildman–Crippen LogP) is 3.03. The fraction of sp³-hybridized carbons (Fsp3) is 0.562. The second kappa shape index (κ2) is 4.97. The Hall–Kier alpha value is -1.35. The van der Waals surface area contributed by atoms with E-state index in [2.05, 4.69) is 32.9 Å². The molecular formula is C16H24N2O. The first-order valence-electron chi connectivity index (χ1n) is 6.95. The monoisotopic (exact) mass is 260 g/mol. The number of amides is 1. The number of hydrogen-bond acceptors (Lipinski definition) is 2. The maximum Gasteiger partial charge on any atom is 0.226 e. The van der Waals surface area contributed by atoms with Crippen LogP contribution in [0.3, 0.4) is 0 Å². The SMILES string of the molecule is CN1C(=O)CCCc2cc(C(N)C(C)(C)C)ccc21. The van der Waals surface area contributed by atoms with Crippen LogP contribution >= 0.6 is 0 Å². The van der Waals surface area contributed by atoms with E-state index in [-0.39, 0.29) is 17.4 Å². The third-order valence-corrected chi connectivity index (χ3v) is 3.97. The Morgan fingerprint density at radius 2 is 1.95 bits per heavy atom. The molecule has 3 nitrogen and oxygen atoms in total. The van der Waals surface area contributed by atoms with E-state index >= 15 is 0 Å². The first kappa shape index (κ1) is 14.1. The largest absolute Gasteiger partial charge is 0.324 e. The lowest BCUT2D eigenvalue weighted by Crippen LogP contribution is -2.27. The van der Waals surface area contributed by atoms with E-state index in [9.17, 15) is 4.79 Å². The minimum atomic E-state index is 0.0158. The van der Waals surface area contributed by atoms with Gasteiger partial charge in [0.1, 0.15) is 0 Å². The smallest absolute Gasteiger partial charge is 0.226 e. The van der Waals surface area contributed by atoms with Crippen LogP contribution in [0, 0.1) is 5.41 Å². The van der Waals surface area contributed by atoms with Crippen molar-refractivity contribution >= 4 is 11.6 Å². The highest BCUT2D eigenvalue weighted by Crippen LogP contribution is 2.34. The average Bonchev–Trinajstić information content (AvgIpc) is 2.48. The Morgan fingerprint density at radius 3 is 2.58 bits per heavy atom. The molecule has 0 saturated heterocycles. The third-order valence-electron chi connectivity index (χ3n) is 3.97. The summed E-state index contributed by atoms with van der Waals surface area (Å²) in [7, 11) is 1.86. The van der Waals surface area contributed by atoms with E-state index < -0.39 is 0 Å². The van der Waals surface area contributed by atoms with Crippen LogP contribution in [0.5, 0.6) is 0 Å². The summed E-state index contributed by atoms with van der Waals surface area (Å²) in [5, 5.41) is 0. The predicted molar refractivity (Wildman–Crippen MR) is 79.2 cm³/mol. The first-order valence-corrected chi connectivity index (χ1v) is 6.95. The molecule has 0 radical (unpaired) electrons. The van der Waals surface area contributed by atoms with Crippen molar-refractivity contribution in [1.82, 2.24) is 0 Å². The molecule has 1 amide bonds. The fourth-order valence-electron chi connectivity index (χ4n) is 2.56. The van der Waals surface area contributed by atoms with Gasteiger partial charge in [0.2, 0.25) is 5.91 Å². The van der Waals surface area contributed by atoms with E-state index in [4.69, 9.17) is 5.73 Å². The van der Waals surface area contributed by atoms with Crippen LogP contribution in [0.25, 0.3) is 0 Å².